The Balaban J connectivity index is 1.61. The number of piperidine rings is 1. The van der Waals surface area contributed by atoms with Crippen LogP contribution in [-0.4, -0.2) is 31.7 Å². The lowest BCUT2D eigenvalue weighted by Crippen LogP contribution is -2.43. The van der Waals surface area contributed by atoms with E-state index in [1.54, 1.807) is 24.3 Å². The van der Waals surface area contributed by atoms with Crippen molar-refractivity contribution in [2.75, 3.05) is 13.1 Å². The van der Waals surface area contributed by atoms with E-state index in [2.05, 4.69) is 5.32 Å². The first-order valence-corrected chi connectivity index (χ1v) is 12.1. The maximum Gasteiger partial charge on any atom is 0.243 e. The van der Waals surface area contributed by atoms with Crippen molar-refractivity contribution in [2.24, 2.45) is 5.92 Å². The van der Waals surface area contributed by atoms with Crippen LogP contribution in [0.4, 0.5) is 0 Å². The van der Waals surface area contributed by atoms with Gasteiger partial charge < -0.3 is 5.32 Å². The van der Waals surface area contributed by atoms with E-state index in [-0.39, 0.29) is 17.9 Å². The summed E-state index contributed by atoms with van der Waals surface area (Å²) in [6, 6.07) is 10.2. The number of benzene rings is 2. The second-order valence-electron chi connectivity index (χ2n) is 7.83. The zero-order valence-corrected chi connectivity index (χ0v) is 19.6. The summed E-state index contributed by atoms with van der Waals surface area (Å²) in [6.45, 7) is 6.40. The molecule has 0 spiro atoms. The molecular formula is C22H26Cl2N2O3S. The van der Waals surface area contributed by atoms with Gasteiger partial charge in [0, 0.05) is 19.0 Å². The Kier molecular flexibility index (Phi) is 7.13. The first-order valence-electron chi connectivity index (χ1n) is 9.92. The van der Waals surface area contributed by atoms with E-state index in [9.17, 15) is 13.2 Å². The molecule has 1 aliphatic heterocycles. The molecule has 1 amide bonds. The van der Waals surface area contributed by atoms with Crippen molar-refractivity contribution >= 4 is 39.1 Å². The van der Waals surface area contributed by atoms with Crippen LogP contribution >= 0.6 is 23.2 Å². The molecule has 8 heteroatoms. The van der Waals surface area contributed by atoms with Crippen molar-refractivity contribution in [3.05, 3.63) is 63.1 Å². The fourth-order valence-corrected chi connectivity index (χ4v) is 5.44. The number of carbonyl (C=O) groups excluding carboxylic acids is 1. The smallest absolute Gasteiger partial charge is 0.243 e. The van der Waals surface area contributed by atoms with Gasteiger partial charge in [0.15, 0.2) is 0 Å². The van der Waals surface area contributed by atoms with E-state index >= 15 is 0 Å². The summed E-state index contributed by atoms with van der Waals surface area (Å²) < 4.78 is 27.4. The number of halogens is 2. The predicted octanol–water partition coefficient (Wildman–Crippen LogP) is 4.89. The molecule has 1 aliphatic rings. The molecule has 1 atom stereocenters. The Labute approximate surface area is 188 Å². The molecule has 30 heavy (non-hydrogen) atoms. The van der Waals surface area contributed by atoms with E-state index in [1.165, 1.54) is 4.31 Å². The first-order chi connectivity index (χ1) is 14.1. The number of amides is 1. The highest BCUT2D eigenvalue weighted by Crippen LogP contribution is 2.28. The highest BCUT2D eigenvalue weighted by atomic mass is 35.5. The third kappa shape index (κ3) is 4.99. The molecule has 0 saturated carbocycles. The number of sulfonamides is 1. The molecule has 2 aromatic carbocycles. The van der Waals surface area contributed by atoms with E-state index in [4.69, 9.17) is 23.2 Å². The Morgan fingerprint density at radius 3 is 2.30 bits per heavy atom. The van der Waals surface area contributed by atoms with Gasteiger partial charge >= 0.3 is 0 Å². The molecule has 0 aliphatic carbocycles. The number of nitrogens with zero attached hydrogens (tertiary/aromatic N) is 1. The molecule has 0 radical (unpaired) electrons. The number of carbonyl (C=O) groups is 1. The van der Waals surface area contributed by atoms with Crippen LogP contribution in [0.25, 0.3) is 0 Å². The van der Waals surface area contributed by atoms with Gasteiger partial charge in [0.25, 0.3) is 0 Å². The average molecular weight is 469 g/mol. The lowest BCUT2D eigenvalue weighted by atomic mass is 9.96. The summed E-state index contributed by atoms with van der Waals surface area (Å²) in [5.74, 6) is -0.293. The minimum absolute atomic E-state index is 0.0724. The van der Waals surface area contributed by atoms with E-state index in [0.717, 1.165) is 16.7 Å². The molecule has 5 nitrogen and oxygen atoms in total. The van der Waals surface area contributed by atoms with Crippen molar-refractivity contribution in [3.8, 4) is 0 Å². The molecule has 1 unspecified atom stereocenters. The number of nitrogens with one attached hydrogen (secondary N) is 1. The summed E-state index contributed by atoms with van der Waals surface area (Å²) in [7, 11) is -3.55. The van der Waals surface area contributed by atoms with Crippen molar-refractivity contribution in [1.29, 1.82) is 0 Å². The minimum Gasteiger partial charge on any atom is -0.349 e. The van der Waals surface area contributed by atoms with Gasteiger partial charge in [-0.3, -0.25) is 4.79 Å². The van der Waals surface area contributed by atoms with E-state index < -0.39 is 10.0 Å². The summed E-state index contributed by atoms with van der Waals surface area (Å²) >= 11 is 12.0. The van der Waals surface area contributed by atoms with Gasteiger partial charge in [0.1, 0.15) is 0 Å². The van der Waals surface area contributed by atoms with Crippen LogP contribution in [0.5, 0.6) is 0 Å². The molecule has 2 aromatic rings. The van der Waals surface area contributed by atoms with Crippen LogP contribution in [0.3, 0.4) is 0 Å². The van der Waals surface area contributed by atoms with Gasteiger partial charge in [-0.15, -0.1) is 0 Å². The van der Waals surface area contributed by atoms with Crippen LogP contribution in [0.1, 0.15) is 42.5 Å². The van der Waals surface area contributed by atoms with E-state index in [0.29, 0.717) is 40.9 Å². The van der Waals surface area contributed by atoms with Gasteiger partial charge in [-0.2, -0.15) is 4.31 Å². The summed E-state index contributed by atoms with van der Waals surface area (Å²) in [5, 5.41) is 3.92. The fraction of sp³-hybridized carbons (Fsp3) is 0.409. The third-order valence-electron chi connectivity index (χ3n) is 5.74. The number of rotatable bonds is 5. The van der Waals surface area contributed by atoms with Crippen molar-refractivity contribution < 1.29 is 13.2 Å². The number of hydrogen-bond acceptors (Lipinski definition) is 3. The molecule has 1 N–H and O–H groups in total. The van der Waals surface area contributed by atoms with Crippen molar-refractivity contribution in [2.45, 2.75) is 44.6 Å². The number of aryl methyl sites for hydroxylation is 2. The predicted molar refractivity (Wildman–Crippen MR) is 120 cm³/mol. The molecule has 0 bridgehead atoms. The highest BCUT2D eigenvalue weighted by Gasteiger charge is 2.32. The molecular weight excluding hydrogens is 443 g/mol. The minimum atomic E-state index is -3.55. The molecule has 3 rings (SSSR count). The van der Waals surface area contributed by atoms with Crippen LogP contribution in [0.15, 0.2) is 41.3 Å². The molecule has 1 saturated heterocycles. The lowest BCUT2D eigenvalue weighted by molar-refractivity contribution is -0.126. The van der Waals surface area contributed by atoms with Crippen molar-refractivity contribution in [1.82, 2.24) is 9.62 Å². The van der Waals surface area contributed by atoms with Crippen LogP contribution in [0, 0.1) is 19.8 Å². The average Bonchev–Trinajstić information content (AvgIpc) is 2.72. The van der Waals surface area contributed by atoms with Gasteiger partial charge in [-0.25, -0.2) is 8.42 Å². The number of hydrogen-bond donors (Lipinski definition) is 1. The molecule has 1 heterocycles. The largest absolute Gasteiger partial charge is 0.349 e. The zero-order chi connectivity index (χ0) is 22.1. The van der Waals surface area contributed by atoms with Gasteiger partial charge in [-0.1, -0.05) is 35.3 Å². The van der Waals surface area contributed by atoms with Crippen LogP contribution in [-0.2, 0) is 14.8 Å². The Morgan fingerprint density at radius 2 is 1.70 bits per heavy atom. The molecule has 162 valence electrons. The first kappa shape index (κ1) is 23.1. The monoisotopic (exact) mass is 468 g/mol. The molecule has 0 aromatic heterocycles. The second kappa shape index (κ2) is 9.27. The Morgan fingerprint density at radius 1 is 1.03 bits per heavy atom. The standard InChI is InChI=1S/C22H26Cl2N2O3S/c1-14-4-6-19(12-15(14)2)30(28,29)26-10-8-17(9-11-26)22(27)25-16(3)18-5-7-20(23)21(24)13-18/h4-7,12-13,16-17H,8-11H2,1-3H3,(H,25,27). The van der Waals surface area contributed by atoms with Gasteiger partial charge in [-0.05, 0) is 74.6 Å². The van der Waals surface area contributed by atoms with Crippen molar-refractivity contribution in [3.63, 3.8) is 0 Å². The van der Waals surface area contributed by atoms with Gasteiger partial charge in [0.2, 0.25) is 15.9 Å². The second-order valence-corrected chi connectivity index (χ2v) is 10.6. The van der Waals surface area contributed by atoms with Gasteiger partial charge in [0.05, 0.1) is 21.0 Å². The fourth-order valence-electron chi connectivity index (χ4n) is 3.58. The maximum atomic E-state index is 13.0. The third-order valence-corrected chi connectivity index (χ3v) is 8.38. The SMILES string of the molecule is Cc1ccc(S(=O)(=O)N2CCC(C(=O)NC(C)c3ccc(Cl)c(Cl)c3)CC2)cc1C. The Hall–Kier alpha value is -1.60. The Bertz CT molecular complexity index is 1050. The van der Waals surface area contributed by atoms with Crippen LogP contribution < -0.4 is 5.32 Å². The zero-order valence-electron chi connectivity index (χ0n) is 17.3. The topological polar surface area (TPSA) is 66.5 Å². The van der Waals surface area contributed by atoms with E-state index in [1.807, 2.05) is 32.9 Å². The molecule has 1 fully saturated rings. The normalized spacial score (nSPS) is 17.0. The highest BCUT2D eigenvalue weighted by molar-refractivity contribution is 7.89. The van der Waals surface area contributed by atoms with Crippen LogP contribution in [0.2, 0.25) is 10.0 Å². The quantitative estimate of drug-likeness (QED) is 0.678. The lowest BCUT2D eigenvalue weighted by Gasteiger charge is -2.31. The summed E-state index contributed by atoms with van der Waals surface area (Å²) in [6.07, 6.45) is 0.980. The summed E-state index contributed by atoms with van der Waals surface area (Å²) in [4.78, 5) is 13.0. The summed E-state index contributed by atoms with van der Waals surface area (Å²) in [5.41, 5.74) is 2.87. The maximum absolute atomic E-state index is 13.0.